The van der Waals surface area contributed by atoms with E-state index in [1.165, 1.54) is 12.1 Å². The number of nitrogens with zero attached hydrogens (tertiary/aromatic N) is 1. The summed E-state index contributed by atoms with van der Waals surface area (Å²) < 4.78 is 13.5. The van der Waals surface area contributed by atoms with E-state index in [0.29, 0.717) is 12.0 Å². The third-order valence-electron chi connectivity index (χ3n) is 3.06. The van der Waals surface area contributed by atoms with Crippen molar-refractivity contribution in [1.29, 1.82) is 0 Å². The predicted octanol–water partition coefficient (Wildman–Crippen LogP) is 1.63. The topological polar surface area (TPSA) is 35.5 Å². The third kappa shape index (κ3) is 3.09. The van der Waals surface area contributed by atoms with Gasteiger partial charge < -0.3 is 15.3 Å². The minimum atomic E-state index is -0.387. The van der Waals surface area contributed by atoms with Crippen LogP contribution in [0.4, 0.5) is 4.39 Å². The molecule has 1 fully saturated rings. The zero-order valence-electron chi connectivity index (χ0n) is 9.55. The van der Waals surface area contributed by atoms with Crippen molar-refractivity contribution in [2.75, 3.05) is 32.7 Å². The van der Waals surface area contributed by atoms with Crippen LogP contribution in [0.25, 0.3) is 0 Å². The standard InChI is InChI=1S/C12H16ClFN2O/c13-10-1-2-11(14)9(12(10)17)3-6-16-7-4-15-5-8-16/h1-2,15,17H,3-8H2. The Morgan fingerprint density at radius 1 is 1.35 bits per heavy atom. The Balaban J connectivity index is 2.00. The van der Waals surface area contributed by atoms with Crippen molar-refractivity contribution < 1.29 is 9.50 Å². The van der Waals surface area contributed by atoms with Gasteiger partial charge in [0.1, 0.15) is 11.6 Å². The van der Waals surface area contributed by atoms with Crippen molar-refractivity contribution >= 4 is 11.6 Å². The highest BCUT2D eigenvalue weighted by Gasteiger charge is 2.14. The first kappa shape index (κ1) is 12.6. The summed E-state index contributed by atoms with van der Waals surface area (Å²) in [5.41, 5.74) is 0.316. The number of phenols is 1. The molecule has 0 amide bonds. The number of hydrogen-bond donors (Lipinski definition) is 2. The fraction of sp³-hybridized carbons (Fsp3) is 0.500. The molecule has 5 heteroatoms. The maximum atomic E-state index is 13.5. The van der Waals surface area contributed by atoms with Gasteiger partial charge in [0, 0.05) is 38.3 Å². The smallest absolute Gasteiger partial charge is 0.140 e. The van der Waals surface area contributed by atoms with Crippen LogP contribution in [0.2, 0.25) is 5.02 Å². The van der Waals surface area contributed by atoms with Crippen LogP contribution in [0, 0.1) is 5.82 Å². The minimum absolute atomic E-state index is 0.123. The quantitative estimate of drug-likeness (QED) is 0.865. The zero-order chi connectivity index (χ0) is 12.3. The normalized spacial score (nSPS) is 17.3. The molecule has 1 aliphatic heterocycles. The average Bonchev–Trinajstić information content (AvgIpc) is 2.35. The average molecular weight is 259 g/mol. The van der Waals surface area contributed by atoms with Gasteiger partial charge in [-0.25, -0.2) is 4.39 Å². The molecular weight excluding hydrogens is 243 g/mol. The van der Waals surface area contributed by atoms with Crippen LogP contribution in [0.3, 0.4) is 0 Å². The fourth-order valence-electron chi connectivity index (χ4n) is 2.03. The van der Waals surface area contributed by atoms with Crippen LogP contribution in [-0.2, 0) is 6.42 Å². The van der Waals surface area contributed by atoms with E-state index in [-0.39, 0.29) is 16.6 Å². The molecule has 0 bridgehead atoms. The molecule has 1 heterocycles. The zero-order valence-corrected chi connectivity index (χ0v) is 10.3. The second-order valence-electron chi connectivity index (χ2n) is 4.20. The summed E-state index contributed by atoms with van der Waals surface area (Å²) in [7, 11) is 0. The molecular formula is C12H16ClFN2O. The number of piperazine rings is 1. The molecule has 0 aromatic heterocycles. The van der Waals surface area contributed by atoms with Gasteiger partial charge in [0.2, 0.25) is 0 Å². The molecule has 0 saturated carbocycles. The maximum Gasteiger partial charge on any atom is 0.140 e. The molecule has 1 saturated heterocycles. The first-order chi connectivity index (χ1) is 8.18. The number of hydrogen-bond acceptors (Lipinski definition) is 3. The van der Waals surface area contributed by atoms with Crippen LogP contribution < -0.4 is 5.32 Å². The molecule has 94 valence electrons. The Morgan fingerprint density at radius 3 is 2.76 bits per heavy atom. The molecule has 0 aliphatic carbocycles. The molecule has 0 unspecified atom stereocenters. The van der Waals surface area contributed by atoms with Crippen molar-refractivity contribution in [3.05, 3.63) is 28.5 Å². The van der Waals surface area contributed by atoms with E-state index in [1.54, 1.807) is 0 Å². The number of aromatic hydroxyl groups is 1. The van der Waals surface area contributed by atoms with Crippen molar-refractivity contribution in [3.63, 3.8) is 0 Å². The lowest BCUT2D eigenvalue weighted by atomic mass is 10.1. The van der Waals surface area contributed by atoms with E-state index in [4.69, 9.17) is 11.6 Å². The maximum absolute atomic E-state index is 13.5. The van der Waals surface area contributed by atoms with E-state index in [9.17, 15) is 9.50 Å². The molecule has 1 aromatic carbocycles. The Bertz CT molecular complexity index is 394. The SMILES string of the molecule is Oc1c(Cl)ccc(F)c1CCN1CCNCC1. The molecule has 1 aliphatic rings. The van der Waals surface area contributed by atoms with E-state index in [0.717, 1.165) is 32.7 Å². The number of rotatable bonds is 3. The van der Waals surface area contributed by atoms with Crippen molar-refractivity contribution in [3.8, 4) is 5.75 Å². The Hall–Kier alpha value is -0.840. The summed E-state index contributed by atoms with van der Waals surface area (Å²) in [6.07, 6.45) is 0.484. The van der Waals surface area contributed by atoms with Crippen molar-refractivity contribution in [2.45, 2.75) is 6.42 Å². The fourth-order valence-corrected chi connectivity index (χ4v) is 2.20. The lowest BCUT2D eigenvalue weighted by Gasteiger charge is -2.27. The molecule has 17 heavy (non-hydrogen) atoms. The summed E-state index contributed by atoms with van der Waals surface area (Å²) in [4.78, 5) is 2.25. The van der Waals surface area contributed by atoms with Gasteiger partial charge in [-0.1, -0.05) is 11.6 Å². The van der Waals surface area contributed by atoms with Gasteiger partial charge in [-0.2, -0.15) is 0 Å². The lowest BCUT2D eigenvalue weighted by molar-refractivity contribution is 0.242. The van der Waals surface area contributed by atoms with Crippen LogP contribution in [0.5, 0.6) is 5.75 Å². The predicted molar refractivity (Wildman–Crippen MR) is 66.1 cm³/mol. The summed E-state index contributed by atoms with van der Waals surface area (Å²) in [6, 6.07) is 2.68. The van der Waals surface area contributed by atoms with Gasteiger partial charge in [-0.05, 0) is 18.6 Å². The van der Waals surface area contributed by atoms with Gasteiger partial charge in [-0.15, -0.1) is 0 Å². The first-order valence-corrected chi connectivity index (χ1v) is 6.15. The molecule has 2 rings (SSSR count). The van der Waals surface area contributed by atoms with Gasteiger partial charge in [0.15, 0.2) is 0 Å². The summed E-state index contributed by atoms with van der Waals surface area (Å²) in [5, 5.41) is 13.2. The first-order valence-electron chi connectivity index (χ1n) is 5.77. The Kier molecular flexibility index (Phi) is 4.20. The number of nitrogens with one attached hydrogen (secondary N) is 1. The molecule has 3 nitrogen and oxygen atoms in total. The second kappa shape index (κ2) is 5.67. The van der Waals surface area contributed by atoms with Gasteiger partial charge in [0.05, 0.1) is 5.02 Å². The van der Waals surface area contributed by atoms with Gasteiger partial charge in [-0.3, -0.25) is 0 Å². The molecule has 0 atom stereocenters. The highest BCUT2D eigenvalue weighted by molar-refractivity contribution is 6.32. The summed E-state index contributed by atoms with van der Waals surface area (Å²) in [5.74, 6) is -0.510. The lowest BCUT2D eigenvalue weighted by Crippen LogP contribution is -2.44. The summed E-state index contributed by atoms with van der Waals surface area (Å²) >= 11 is 5.77. The minimum Gasteiger partial charge on any atom is -0.506 e. The van der Waals surface area contributed by atoms with Crippen LogP contribution in [-0.4, -0.2) is 42.7 Å². The number of phenolic OH excluding ortho intramolecular Hbond substituents is 1. The van der Waals surface area contributed by atoms with Crippen molar-refractivity contribution in [2.24, 2.45) is 0 Å². The molecule has 1 aromatic rings. The highest BCUT2D eigenvalue weighted by atomic mass is 35.5. The van der Waals surface area contributed by atoms with Gasteiger partial charge >= 0.3 is 0 Å². The number of halogens is 2. The highest BCUT2D eigenvalue weighted by Crippen LogP contribution is 2.29. The number of benzene rings is 1. The molecule has 0 spiro atoms. The largest absolute Gasteiger partial charge is 0.506 e. The molecule has 2 N–H and O–H groups in total. The van der Waals surface area contributed by atoms with Crippen molar-refractivity contribution in [1.82, 2.24) is 10.2 Å². The Morgan fingerprint density at radius 2 is 2.06 bits per heavy atom. The van der Waals surface area contributed by atoms with E-state index in [2.05, 4.69) is 10.2 Å². The van der Waals surface area contributed by atoms with E-state index in [1.807, 2.05) is 0 Å². The molecule has 0 radical (unpaired) electrons. The van der Waals surface area contributed by atoms with Crippen LogP contribution in [0.15, 0.2) is 12.1 Å². The van der Waals surface area contributed by atoms with E-state index < -0.39 is 0 Å². The summed E-state index contributed by atoms with van der Waals surface area (Å²) in [6.45, 7) is 4.59. The van der Waals surface area contributed by atoms with Crippen LogP contribution in [0.1, 0.15) is 5.56 Å². The van der Waals surface area contributed by atoms with E-state index >= 15 is 0 Å². The van der Waals surface area contributed by atoms with Gasteiger partial charge in [0.25, 0.3) is 0 Å². The second-order valence-corrected chi connectivity index (χ2v) is 4.61. The Labute approximate surface area is 105 Å². The van der Waals surface area contributed by atoms with Crippen LogP contribution >= 0.6 is 11.6 Å². The third-order valence-corrected chi connectivity index (χ3v) is 3.37. The monoisotopic (exact) mass is 258 g/mol.